The Labute approximate surface area is 144 Å². The first-order valence-electron chi connectivity index (χ1n) is 7.72. The lowest BCUT2D eigenvalue weighted by atomic mass is 10.1. The van der Waals surface area contributed by atoms with Gasteiger partial charge in [0.2, 0.25) is 0 Å². The van der Waals surface area contributed by atoms with E-state index in [0.29, 0.717) is 13.0 Å². The van der Waals surface area contributed by atoms with Gasteiger partial charge in [-0.15, -0.1) is 11.3 Å². The van der Waals surface area contributed by atoms with Gasteiger partial charge in [-0.25, -0.2) is 9.37 Å². The Balaban J connectivity index is 1.51. The summed E-state index contributed by atoms with van der Waals surface area (Å²) in [5.41, 5.74) is 1.32. The third kappa shape index (κ3) is 4.26. The first-order chi connectivity index (χ1) is 11.7. The number of thiazole rings is 1. The molecular weight excluding hydrogens is 323 g/mol. The monoisotopic (exact) mass is 340 g/mol. The molecule has 24 heavy (non-hydrogen) atoms. The van der Waals surface area contributed by atoms with Crippen LogP contribution >= 0.6 is 11.3 Å². The number of benzene rings is 2. The van der Waals surface area contributed by atoms with Crippen molar-refractivity contribution in [2.75, 3.05) is 6.54 Å². The Kier molecular flexibility index (Phi) is 5.33. The highest BCUT2D eigenvalue weighted by molar-refractivity contribution is 7.11. The summed E-state index contributed by atoms with van der Waals surface area (Å²) in [6.07, 6.45) is 3.38. The normalized spacial score (nSPS) is 10.5. The highest BCUT2D eigenvalue weighted by atomic mass is 32.1. The number of nitrogens with zero attached hydrogens (tertiary/aromatic N) is 1. The van der Waals surface area contributed by atoms with E-state index in [1.807, 2.05) is 24.4 Å². The van der Waals surface area contributed by atoms with Crippen LogP contribution in [0.2, 0.25) is 0 Å². The number of nitrogens with one attached hydrogen (secondary N) is 1. The second kappa shape index (κ2) is 7.84. The van der Waals surface area contributed by atoms with E-state index in [9.17, 15) is 9.18 Å². The molecule has 3 rings (SSSR count). The smallest absolute Gasteiger partial charge is 0.254 e. The number of hydrogen-bond acceptors (Lipinski definition) is 3. The van der Waals surface area contributed by atoms with Gasteiger partial charge < -0.3 is 5.32 Å². The summed E-state index contributed by atoms with van der Waals surface area (Å²) in [5.74, 6) is -0.899. The van der Waals surface area contributed by atoms with Crippen LogP contribution < -0.4 is 5.32 Å². The third-order valence-corrected chi connectivity index (χ3v) is 4.62. The predicted octanol–water partition coefficient (Wildman–Crippen LogP) is 3.85. The maximum atomic E-state index is 13.5. The van der Waals surface area contributed by atoms with Crippen molar-refractivity contribution in [3.05, 3.63) is 87.6 Å². The molecule has 1 aromatic heterocycles. The number of aromatic nitrogens is 1. The van der Waals surface area contributed by atoms with Crippen LogP contribution in [0.4, 0.5) is 4.39 Å². The second-order valence-electron chi connectivity index (χ2n) is 5.37. The molecule has 0 aliphatic heterocycles. The van der Waals surface area contributed by atoms with Gasteiger partial charge >= 0.3 is 0 Å². The van der Waals surface area contributed by atoms with Crippen LogP contribution in [-0.4, -0.2) is 17.4 Å². The Hall–Kier alpha value is -2.53. The minimum atomic E-state index is -0.505. The maximum Gasteiger partial charge on any atom is 0.254 e. The van der Waals surface area contributed by atoms with Gasteiger partial charge in [-0.05, 0) is 17.7 Å². The van der Waals surface area contributed by atoms with Crippen LogP contribution in [-0.2, 0) is 12.8 Å². The first-order valence-corrected chi connectivity index (χ1v) is 8.54. The number of rotatable bonds is 6. The van der Waals surface area contributed by atoms with E-state index in [4.69, 9.17) is 0 Å². The van der Waals surface area contributed by atoms with Crippen LogP contribution in [0.15, 0.2) is 60.8 Å². The number of carbonyl (C=O) groups is 1. The Morgan fingerprint density at radius 3 is 2.62 bits per heavy atom. The number of hydrogen-bond donors (Lipinski definition) is 1. The van der Waals surface area contributed by atoms with Crippen LogP contribution in [0, 0.1) is 5.82 Å². The van der Waals surface area contributed by atoms with Crippen molar-refractivity contribution in [2.24, 2.45) is 0 Å². The summed E-state index contributed by atoms with van der Waals surface area (Å²) >= 11 is 1.64. The minimum absolute atomic E-state index is 0.0707. The lowest BCUT2D eigenvalue weighted by molar-refractivity contribution is 0.0950. The second-order valence-corrected chi connectivity index (χ2v) is 6.57. The van der Waals surface area contributed by atoms with Gasteiger partial charge in [-0.3, -0.25) is 4.79 Å². The fraction of sp³-hybridized carbons (Fsp3) is 0.158. The highest BCUT2D eigenvalue weighted by Gasteiger charge is 2.10. The zero-order valence-electron chi connectivity index (χ0n) is 13.0. The molecule has 122 valence electrons. The number of carbonyl (C=O) groups excluding carboxylic acids is 1. The molecule has 1 amide bonds. The average molecular weight is 340 g/mol. The molecule has 3 nitrogen and oxygen atoms in total. The fourth-order valence-corrected chi connectivity index (χ4v) is 3.32. The van der Waals surface area contributed by atoms with Gasteiger partial charge in [0.05, 0.1) is 10.6 Å². The minimum Gasteiger partial charge on any atom is -0.352 e. The lowest BCUT2D eigenvalue weighted by Crippen LogP contribution is -2.26. The summed E-state index contributed by atoms with van der Waals surface area (Å²) in [5, 5.41) is 3.70. The fourth-order valence-electron chi connectivity index (χ4n) is 2.37. The summed E-state index contributed by atoms with van der Waals surface area (Å²) < 4.78 is 13.5. The van der Waals surface area contributed by atoms with Crippen molar-refractivity contribution in [1.29, 1.82) is 0 Å². The van der Waals surface area contributed by atoms with E-state index in [0.717, 1.165) is 11.4 Å². The van der Waals surface area contributed by atoms with E-state index in [2.05, 4.69) is 22.4 Å². The average Bonchev–Trinajstić information content (AvgIpc) is 3.03. The Morgan fingerprint density at radius 1 is 1.08 bits per heavy atom. The van der Waals surface area contributed by atoms with Crippen molar-refractivity contribution in [2.45, 2.75) is 12.8 Å². The molecule has 0 saturated carbocycles. The van der Waals surface area contributed by atoms with Crippen molar-refractivity contribution >= 4 is 17.2 Å². The SMILES string of the molecule is O=C(NCCc1ncc(Cc2ccccc2)s1)c1ccccc1F. The molecule has 0 fully saturated rings. The zero-order chi connectivity index (χ0) is 16.8. The molecule has 1 heterocycles. The molecule has 0 atom stereocenters. The zero-order valence-corrected chi connectivity index (χ0v) is 13.9. The summed E-state index contributed by atoms with van der Waals surface area (Å²) in [6, 6.07) is 16.2. The van der Waals surface area contributed by atoms with E-state index in [1.54, 1.807) is 23.5 Å². The molecule has 2 aromatic carbocycles. The van der Waals surface area contributed by atoms with Crippen LogP contribution in [0.5, 0.6) is 0 Å². The van der Waals surface area contributed by atoms with Crippen LogP contribution in [0.3, 0.4) is 0 Å². The Morgan fingerprint density at radius 2 is 1.83 bits per heavy atom. The Bertz CT molecular complexity index is 817. The summed E-state index contributed by atoms with van der Waals surface area (Å²) in [4.78, 5) is 17.5. The molecule has 0 aliphatic rings. The maximum absolute atomic E-state index is 13.5. The van der Waals surface area contributed by atoms with Crippen molar-refractivity contribution in [1.82, 2.24) is 10.3 Å². The molecule has 3 aromatic rings. The predicted molar refractivity (Wildman–Crippen MR) is 93.8 cm³/mol. The molecule has 0 unspecified atom stereocenters. The van der Waals surface area contributed by atoms with E-state index >= 15 is 0 Å². The molecular formula is C19H17FN2OS. The number of halogens is 1. The molecule has 0 saturated heterocycles. The van der Waals surface area contributed by atoms with Gasteiger partial charge in [-0.2, -0.15) is 0 Å². The topological polar surface area (TPSA) is 42.0 Å². The highest BCUT2D eigenvalue weighted by Crippen LogP contribution is 2.17. The lowest BCUT2D eigenvalue weighted by Gasteiger charge is -2.04. The molecule has 0 spiro atoms. The molecule has 0 bridgehead atoms. The quantitative estimate of drug-likeness (QED) is 0.741. The molecule has 5 heteroatoms. The van der Waals surface area contributed by atoms with Gasteiger partial charge in [-0.1, -0.05) is 42.5 Å². The van der Waals surface area contributed by atoms with Gasteiger partial charge in [0, 0.05) is 30.5 Å². The molecule has 0 radical (unpaired) electrons. The largest absolute Gasteiger partial charge is 0.352 e. The van der Waals surface area contributed by atoms with E-state index in [-0.39, 0.29) is 5.56 Å². The first kappa shape index (κ1) is 16.3. The van der Waals surface area contributed by atoms with E-state index < -0.39 is 11.7 Å². The third-order valence-electron chi connectivity index (χ3n) is 3.57. The van der Waals surface area contributed by atoms with Gasteiger partial charge in [0.25, 0.3) is 5.91 Å². The number of amides is 1. The molecule has 0 aliphatic carbocycles. The van der Waals surface area contributed by atoms with Crippen LogP contribution in [0.25, 0.3) is 0 Å². The standard InChI is InChI=1S/C19H17FN2OS/c20-17-9-5-4-8-16(17)19(23)21-11-10-18-22-13-15(24-18)12-14-6-2-1-3-7-14/h1-9,13H,10-12H2,(H,21,23). The van der Waals surface area contributed by atoms with Crippen molar-refractivity contribution in [3.8, 4) is 0 Å². The van der Waals surface area contributed by atoms with Crippen molar-refractivity contribution < 1.29 is 9.18 Å². The summed E-state index contributed by atoms with van der Waals surface area (Å²) in [6.45, 7) is 0.436. The van der Waals surface area contributed by atoms with Crippen LogP contribution in [0.1, 0.15) is 25.8 Å². The summed E-state index contributed by atoms with van der Waals surface area (Å²) in [7, 11) is 0. The molecule has 1 N–H and O–H groups in total. The van der Waals surface area contributed by atoms with Gasteiger partial charge in [0.1, 0.15) is 5.82 Å². The van der Waals surface area contributed by atoms with E-state index in [1.165, 1.54) is 22.6 Å². The van der Waals surface area contributed by atoms with Gasteiger partial charge in [0.15, 0.2) is 0 Å². The van der Waals surface area contributed by atoms with Crippen molar-refractivity contribution in [3.63, 3.8) is 0 Å².